The predicted octanol–water partition coefficient (Wildman–Crippen LogP) is 21.5. The third-order valence-electron chi connectivity index (χ3n) is 18.9. The summed E-state index contributed by atoms with van der Waals surface area (Å²) in [5.41, 5.74) is 0. The van der Waals surface area contributed by atoms with E-state index in [9.17, 15) is 35.1 Å². The number of carbonyl (C=O) groups is 2. The average molecular weight is 1300 g/mol. The van der Waals surface area contributed by atoms with Crippen molar-refractivity contribution in [3.63, 3.8) is 0 Å². The highest BCUT2D eigenvalue weighted by atomic mass is 16.7. The molecule has 11 nitrogen and oxygen atoms in total. The van der Waals surface area contributed by atoms with Gasteiger partial charge in [-0.15, -0.1) is 0 Å². The van der Waals surface area contributed by atoms with E-state index in [2.05, 4.69) is 55.6 Å². The number of carbonyl (C=O) groups excluding carboxylic acids is 2. The third kappa shape index (κ3) is 57.8. The second-order valence-corrected chi connectivity index (χ2v) is 27.8. The minimum atomic E-state index is -1.57. The number of ether oxygens (including phenoxy) is 3. The Morgan fingerprint density at radius 1 is 0.402 bits per heavy atom. The second kappa shape index (κ2) is 70.0. The van der Waals surface area contributed by atoms with Gasteiger partial charge in [-0.3, -0.25) is 9.59 Å². The summed E-state index contributed by atoms with van der Waals surface area (Å²) in [4.78, 5) is 25.1. The Morgan fingerprint density at radius 2 is 0.728 bits per heavy atom. The van der Waals surface area contributed by atoms with Gasteiger partial charge >= 0.3 is 5.97 Å². The minimum absolute atomic E-state index is 0.00471. The van der Waals surface area contributed by atoms with E-state index in [0.29, 0.717) is 19.4 Å². The number of aliphatic hydroxyl groups excluding tert-OH is 5. The van der Waals surface area contributed by atoms with E-state index >= 15 is 0 Å². The van der Waals surface area contributed by atoms with Gasteiger partial charge < -0.3 is 45.1 Å². The van der Waals surface area contributed by atoms with Crippen molar-refractivity contribution >= 4 is 11.9 Å². The lowest BCUT2D eigenvalue weighted by Crippen LogP contribution is -2.60. The molecule has 1 aliphatic rings. The van der Waals surface area contributed by atoms with Crippen molar-refractivity contribution < 1.29 is 49.3 Å². The molecule has 11 heteroatoms. The van der Waals surface area contributed by atoms with E-state index in [1.165, 1.54) is 302 Å². The predicted molar refractivity (Wildman–Crippen MR) is 389 cm³/mol. The Bertz CT molecular complexity index is 1670. The highest BCUT2D eigenvalue weighted by molar-refractivity contribution is 5.76. The summed E-state index contributed by atoms with van der Waals surface area (Å²) in [5.74, 6) is -0.172. The molecule has 1 aliphatic heterocycles. The lowest BCUT2D eigenvalue weighted by atomic mass is 9.99. The molecule has 7 unspecified atom stereocenters. The van der Waals surface area contributed by atoms with E-state index < -0.39 is 49.5 Å². The Labute approximate surface area is 567 Å². The van der Waals surface area contributed by atoms with Crippen molar-refractivity contribution in [3.05, 3.63) is 48.6 Å². The molecule has 0 aromatic rings. The molecular weight excluding hydrogens is 1150 g/mol. The van der Waals surface area contributed by atoms with E-state index in [0.717, 1.165) is 64.2 Å². The monoisotopic (exact) mass is 1300 g/mol. The second-order valence-electron chi connectivity index (χ2n) is 27.8. The van der Waals surface area contributed by atoms with E-state index in [-0.39, 0.29) is 18.5 Å². The van der Waals surface area contributed by atoms with E-state index in [1.54, 1.807) is 6.08 Å². The smallest absolute Gasteiger partial charge is 0.305 e. The van der Waals surface area contributed by atoms with Gasteiger partial charge in [0.05, 0.1) is 32.0 Å². The largest absolute Gasteiger partial charge is 0.466 e. The molecule has 6 N–H and O–H groups in total. The highest BCUT2D eigenvalue weighted by Crippen LogP contribution is 2.24. The first-order chi connectivity index (χ1) is 45.2. The number of esters is 1. The van der Waals surface area contributed by atoms with Crippen LogP contribution < -0.4 is 5.32 Å². The summed E-state index contributed by atoms with van der Waals surface area (Å²) >= 11 is 0. The lowest BCUT2D eigenvalue weighted by molar-refractivity contribution is -0.302. The first-order valence-corrected chi connectivity index (χ1v) is 39.9. The van der Waals surface area contributed by atoms with Gasteiger partial charge in [-0.25, -0.2) is 0 Å². The van der Waals surface area contributed by atoms with E-state index in [4.69, 9.17) is 14.2 Å². The topological polar surface area (TPSA) is 175 Å². The van der Waals surface area contributed by atoms with Gasteiger partial charge in [-0.2, -0.15) is 0 Å². The summed E-state index contributed by atoms with van der Waals surface area (Å²) in [6, 6.07) is -0.808. The minimum Gasteiger partial charge on any atom is -0.466 e. The summed E-state index contributed by atoms with van der Waals surface area (Å²) in [7, 11) is 0. The fraction of sp³-hybridized carbons (Fsp3) is 0.877. The molecule has 0 aromatic heterocycles. The molecule has 0 aliphatic carbocycles. The third-order valence-corrected chi connectivity index (χ3v) is 18.9. The lowest BCUT2D eigenvalue weighted by Gasteiger charge is -2.40. The number of unbranched alkanes of at least 4 members (excludes halogenated alkanes) is 51. The van der Waals surface area contributed by atoms with Gasteiger partial charge in [0.15, 0.2) is 6.29 Å². The normalized spacial score (nSPS) is 17.8. The maximum absolute atomic E-state index is 13.1. The number of hydrogen-bond acceptors (Lipinski definition) is 10. The number of aliphatic hydroxyl groups is 5. The highest BCUT2D eigenvalue weighted by Gasteiger charge is 2.44. The van der Waals surface area contributed by atoms with Crippen molar-refractivity contribution in [1.82, 2.24) is 5.32 Å². The van der Waals surface area contributed by atoms with Gasteiger partial charge in [0, 0.05) is 12.8 Å². The Hall–Kier alpha value is -2.38. The van der Waals surface area contributed by atoms with Crippen LogP contribution in [-0.2, 0) is 23.8 Å². The summed E-state index contributed by atoms with van der Waals surface area (Å²) in [6.45, 7) is 4.36. The van der Waals surface area contributed by atoms with Crippen LogP contribution >= 0.6 is 0 Å². The van der Waals surface area contributed by atoms with Crippen LogP contribution in [0.1, 0.15) is 393 Å². The van der Waals surface area contributed by atoms with Crippen LogP contribution in [0, 0.1) is 0 Å². The fourth-order valence-corrected chi connectivity index (χ4v) is 12.6. The molecular formula is C81H151NO10. The molecule has 1 heterocycles. The number of rotatable bonds is 71. The van der Waals surface area contributed by atoms with Gasteiger partial charge in [-0.05, 0) is 89.9 Å². The van der Waals surface area contributed by atoms with E-state index in [1.807, 2.05) is 6.08 Å². The van der Waals surface area contributed by atoms with Crippen LogP contribution in [0.3, 0.4) is 0 Å². The molecule has 92 heavy (non-hydrogen) atoms. The quantitative estimate of drug-likeness (QED) is 0.0195. The SMILES string of the molecule is CCCCC/C=C\CCCCCCCC(=O)OCCCCCCCCCCCCCCCCC/C=C\C/C=C\CCCCCCCCCCCCCCCCCCCC(=O)NC(COC1OC(CO)C(O)C(O)C1O)C(O)/C=C/CCCCCCCCCCCCC. The standard InChI is InChI=1S/C81H151NO10/c1-3-5-7-9-11-13-15-44-47-51-55-59-63-67-74(84)73(72-91-81-80(89)79(88)78(87)75(71-83)92-81)82-76(85)68-64-60-56-52-48-45-42-40-38-36-34-32-30-28-26-24-22-20-18-17-19-21-23-25-27-29-31-33-35-37-39-41-43-46-50-54-58-62-66-70-90-77(86)69-65-61-57-53-49-16-14-12-10-8-6-4-2/h12,14,17-18,21,23,63,67,73-75,78-81,83-84,87-89H,3-11,13,15-16,19-20,22,24-62,64-66,68-72H2,1-2H3,(H,82,85)/b14-12-,18-17-,23-21-,67-63+. The number of allylic oxidation sites excluding steroid dienone is 7. The van der Waals surface area contributed by atoms with Crippen molar-refractivity contribution in [2.24, 2.45) is 0 Å². The number of hydrogen-bond donors (Lipinski definition) is 6. The molecule has 1 fully saturated rings. The van der Waals surface area contributed by atoms with Crippen molar-refractivity contribution in [3.8, 4) is 0 Å². The molecule has 1 amide bonds. The zero-order valence-corrected chi connectivity index (χ0v) is 60.3. The van der Waals surface area contributed by atoms with Crippen LogP contribution in [0.4, 0.5) is 0 Å². The molecule has 0 saturated carbocycles. The van der Waals surface area contributed by atoms with Crippen molar-refractivity contribution in [2.75, 3.05) is 19.8 Å². The van der Waals surface area contributed by atoms with Crippen LogP contribution in [0.15, 0.2) is 48.6 Å². The van der Waals surface area contributed by atoms with Crippen molar-refractivity contribution in [1.29, 1.82) is 0 Å². The fourth-order valence-electron chi connectivity index (χ4n) is 12.6. The zero-order chi connectivity index (χ0) is 66.5. The summed E-state index contributed by atoms with van der Waals surface area (Å²) in [5, 5.41) is 54.6. The Kier molecular flexibility index (Phi) is 66.6. The molecule has 0 spiro atoms. The summed E-state index contributed by atoms with van der Waals surface area (Å²) < 4.78 is 16.8. The molecule has 7 atom stereocenters. The first-order valence-electron chi connectivity index (χ1n) is 39.9. The van der Waals surface area contributed by atoms with Gasteiger partial charge in [-0.1, -0.05) is 339 Å². The van der Waals surface area contributed by atoms with Crippen LogP contribution in [0.2, 0.25) is 0 Å². The van der Waals surface area contributed by atoms with Crippen LogP contribution in [0.5, 0.6) is 0 Å². The molecule has 1 rings (SSSR count). The molecule has 540 valence electrons. The van der Waals surface area contributed by atoms with Gasteiger partial charge in [0.1, 0.15) is 24.4 Å². The average Bonchev–Trinajstić information content (AvgIpc) is 1.91. The van der Waals surface area contributed by atoms with Crippen LogP contribution in [-0.4, -0.2) is 100 Å². The Morgan fingerprint density at radius 3 is 1.13 bits per heavy atom. The zero-order valence-electron chi connectivity index (χ0n) is 60.3. The van der Waals surface area contributed by atoms with Gasteiger partial charge in [0.2, 0.25) is 5.91 Å². The number of amides is 1. The molecule has 0 aromatic carbocycles. The van der Waals surface area contributed by atoms with Crippen molar-refractivity contribution in [2.45, 2.75) is 436 Å². The Balaban J connectivity index is 1.91. The maximum atomic E-state index is 13.1. The van der Waals surface area contributed by atoms with Gasteiger partial charge in [0.25, 0.3) is 0 Å². The molecule has 0 bridgehead atoms. The van der Waals surface area contributed by atoms with Crippen LogP contribution in [0.25, 0.3) is 0 Å². The first kappa shape index (κ1) is 87.6. The summed E-state index contributed by atoms with van der Waals surface area (Å²) in [6.07, 6.45) is 82.8. The molecule has 0 radical (unpaired) electrons. The maximum Gasteiger partial charge on any atom is 0.305 e. The number of nitrogens with one attached hydrogen (secondary N) is 1. The molecule has 1 saturated heterocycles.